The molecule has 0 radical (unpaired) electrons. The highest BCUT2D eigenvalue weighted by Crippen LogP contribution is 2.51. The fraction of sp³-hybridized carbons (Fsp3) is 0.288. The van der Waals surface area contributed by atoms with Crippen LogP contribution in [0.1, 0.15) is 105 Å². The number of fused-ring (bicyclic) bond motifs is 3. The van der Waals surface area contributed by atoms with E-state index in [2.05, 4.69) is 275 Å². The summed E-state index contributed by atoms with van der Waals surface area (Å²) in [5.74, 6) is 2.49. The quantitative estimate of drug-likeness (QED) is 0.149. The zero-order valence-corrected chi connectivity index (χ0v) is 46.1. The molecule has 0 spiro atoms. The number of nitrogens with zero attached hydrogens (tertiary/aromatic N) is 4. The molecule has 0 amide bonds. The van der Waals surface area contributed by atoms with Crippen molar-refractivity contribution in [3.05, 3.63) is 192 Å². The van der Waals surface area contributed by atoms with E-state index in [4.69, 9.17) is 9.72 Å². The Morgan fingerprint density at radius 1 is 0.431 bits per heavy atom. The van der Waals surface area contributed by atoms with Crippen molar-refractivity contribution in [2.24, 2.45) is 0 Å². The predicted molar refractivity (Wildman–Crippen MR) is 310 cm³/mol. The molecule has 3 heterocycles. The summed E-state index contributed by atoms with van der Waals surface area (Å²) in [5, 5.41) is 2.77. The summed E-state index contributed by atoms with van der Waals surface area (Å²) < 4.78 is 6.96. The van der Waals surface area contributed by atoms with Gasteiger partial charge in [0, 0.05) is 40.8 Å². The van der Waals surface area contributed by atoms with Gasteiger partial charge in [-0.05, 0) is 114 Å². The molecule has 0 unspecified atom stereocenters. The first-order valence-corrected chi connectivity index (χ1v) is 28.8. The topological polar surface area (TPSA) is 31.8 Å². The second-order valence-corrected chi connectivity index (χ2v) is 29.1. The number of ether oxygens (including phenoxy) is 1. The normalized spacial score (nSPS) is 14.5. The van der Waals surface area contributed by atoms with Gasteiger partial charge < -0.3 is 14.5 Å². The second kappa shape index (κ2) is 17.7. The van der Waals surface area contributed by atoms with Gasteiger partial charge in [0.25, 0.3) is 0 Å². The Morgan fingerprint density at radius 3 is 1.64 bits per heavy atom. The van der Waals surface area contributed by atoms with E-state index < -0.39 is 8.07 Å². The number of hydrogen-bond donors (Lipinski definition) is 0. The van der Waals surface area contributed by atoms with Crippen LogP contribution in [0, 0.1) is 0 Å². The van der Waals surface area contributed by atoms with Gasteiger partial charge >= 0.3 is 0 Å². The Labute approximate surface area is 431 Å². The number of aromatic nitrogens is 1. The van der Waals surface area contributed by atoms with E-state index in [1.54, 1.807) is 0 Å². The number of para-hydroxylation sites is 4. The Hall–Kier alpha value is -6.89. The highest BCUT2D eigenvalue weighted by Gasteiger charge is 2.40. The minimum Gasteiger partial charge on any atom is -0.457 e. The minimum atomic E-state index is -2.09. The second-order valence-electron chi connectivity index (χ2n) is 24.7. The zero-order valence-electron chi connectivity index (χ0n) is 45.1. The summed E-state index contributed by atoms with van der Waals surface area (Å²) in [6, 6.07) is 60.8. The van der Waals surface area contributed by atoms with Gasteiger partial charge in [-0.2, -0.15) is 0 Å². The molecule has 0 bridgehead atoms. The molecule has 6 heteroatoms. The molecule has 8 aromatic rings. The molecule has 1 aromatic heterocycles. The lowest BCUT2D eigenvalue weighted by Gasteiger charge is -2.40. The van der Waals surface area contributed by atoms with Crippen LogP contribution in [0.15, 0.2) is 170 Å². The highest BCUT2D eigenvalue weighted by molar-refractivity contribution is 7.02. The average Bonchev–Trinajstić information content (AvgIpc) is 3.72. The third kappa shape index (κ3) is 9.04. The Bertz CT molecular complexity index is 3330. The Kier molecular flexibility index (Phi) is 12.0. The smallest absolute Gasteiger partial charge is 0.137 e. The third-order valence-corrected chi connectivity index (χ3v) is 18.5. The molecule has 0 fully saturated rings. The van der Waals surface area contributed by atoms with Crippen molar-refractivity contribution in [3.8, 4) is 33.8 Å². The van der Waals surface area contributed by atoms with Crippen molar-refractivity contribution in [1.82, 2.24) is 4.98 Å². The maximum absolute atomic E-state index is 6.96. The summed E-state index contributed by atoms with van der Waals surface area (Å²) in [6.45, 7) is 33.2. The van der Waals surface area contributed by atoms with Gasteiger partial charge in [0.1, 0.15) is 32.1 Å². The Morgan fingerprint density at radius 2 is 0.972 bits per heavy atom. The predicted octanol–water partition coefficient (Wildman–Crippen LogP) is 17.3. The first kappa shape index (κ1) is 48.7. The minimum absolute atomic E-state index is 0.00194. The molecule has 0 saturated carbocycles. The van der Waals surface area contributed by atoms with Gasteiger partial charge in [0.15, 0.2) is 0 Å². The highest BCUT2D eigenvalue weighted by atomic mass is 28.3. The van der Waals surface area contributed by atoms with Crippen molar-refractivity contribution in [2.45, 2.75) is 118 Å². The molecule has 10 rings (SSSR count). The number of hydrogen-bond acceptors (Lipinski definition) is 5. The molecule has 0 atom stereocenters. The maximum Gasteiger partial charge on any atom is 0.137 e. The van der Waals surface area contributed by atoms with Gasteiger partial charge in [-0.3, -0.25) is 4.90 Å². The summed E-state index contributed by atoms with van der Waals surface area (Å²) in [7, 11) is -2.09. The first-order chi connectivity index (χ1) is 34.0. The van der Waals surface area contributed by atoms with Crippen molar-refractivity contribution >= 4 is 58.4 Å². The van der Waals surface area contributed by atoms with E-state index in [0.29, 0.717) is 6.67 Å². The molecule has 7 aromatic carbocycles. The third-order valence-electron chi connectivity index (χ3n) is 15.0. The van der Waals surface area contributed by atoms with E-state index in [1.165, 1.54) is 71.9 Å². The molecule has 0 saturated heterocycles. The van der Waals surface area contributed by atoms with Crippen molar-refractivity contribution < 1.29 is 4.74 Å². The van der Waals surface area contributed by atoms with Crippen LogP contribution in [-0.2, 0) is 21.7 Å². The van der Waals surface area contributed by atoms with Crippen LogP contribution in [0.2, 0.25) is 13.1 Å². The molecule has 5 nitrogen and oxygen atoms in total. The van der Waals surface area contributed by atoms with E-state index in [9.17, 15) is 0 Å². The monoisotopic (exact) mass is 965 g/mol. The van der Waals surface area contributed by atoms with Crippen LogP contribution < -0.4 is 29.8 Å². The molecule has 2 aliphatic heterocycles. The number of pyridine rings is 1. The lowest BCUT2D eigenvalue weighted by molar-refractivity contribution is 0.483. The van der Waals surface area contributed by atoms with Gasteiger partial charge in [-0.15, -0.1) is 0 Å². The molecule has 0 aliphatic carbocycles. The number of benzene rings is 7. The van der Waals surface area contributed by atoms with Crippen LogP contribution >= 0.6 is 0 Å². The lowest BCUT2D eigenvalue weighted by Crippen LogP contribution is -2.58. The molecule has 0 N–H and O–H groups in total. The number of rotatable bonds is 7. The van der Waals surface area contributed by atoms with E-state index in [1.807, 2.05) is 6.20 Å². The zero-order chi connectivity index (χ0) is 51.1. The standard InChI is InChI=1S/C66H72N4OSi/c1-63(2,3)46-23-19-22-44(36-46)53-26-21-27-54(45-37-48(65(7,8)9)39-49(38-45)66(10,11)12)62(53)69-43-68(55-28-15-16-29-56(55)69)50-24-20-25-51(41-50)71-52-32-33-60-58(42-52)70(57-30-17-18-31-59(57)72(60,13)14)61-40-47(34-35-67-61)64(4,5)6/h15-42H,43H2,1-14H3. The van der Waals surface area contributed by atoms with Gasteiger partial charge in [-0.1, -0.05) is 199 Å². The van der Waals surface area contributed by atoms with Crippen molar-refractivity contribution in [3.63, 3.8) is 0 Å². The fourth-order valence-electron chi connectivity index (χ4n) is 10.6. The summed E-state index contributed by atoms with van der Waals surface area (Å²) >= 11 is 0. The van der Waals surface area contributed by atoms with Crippen LogP contribution in [0.5, 0.6) is 11.5 Å². The summed E-state index contributed by atoms with van der Waals surface area (Å²) in [4.78, 5) is 12.3. The maximum atomic E-state index is 6.96. The Balaban J connectivity index is 1.07. The SMILES string of the molecule is CC(C)(C)c1cccc(-c2cccc(-c3cc(C(C)(C)C)cc(C(C)(C)C)c3)c2N2CN(c3cccc(Oc4ccc5c(c4)N(c4cc(C(C)(C)C)ccn4)c4ccccc4[Si]5(C)C)c3)c3ccccc32)c1. The molecule has 72 heavy (non-hydrogen) atoms. The first-order valence-electron chi connectivity index (χ1n) is 25.8. The lowest BCUT2D eigenvalue weighted by atomic mass is 9.78. The molecular formula is C66H72N4OSi. The van der Waals surface area contributed by atoms with Gasteiger partial charge in [0.05, 0.1) is 22.7 Å². The van der Waals surface area contributed by atoms with Crippen molar-refractivity contribution in [1.29, 1.82) is 0 Å². The van der Waals surface area contributed by atoms with E-state index in [-0.39, 0.29) is 21.7 Å². The largest absolute Gasteiger partial charge is 0.457 e. The molecule has 2 aliphatic rings. The van der Waals surface area contributed by atoms with E-state index >= 15 is 0 Å². The van der Waals surface area contributed by atoms with Crippen LogP contribution in [0.25, 0.3) is 22.3 Å². The summed E-state index contributed by atoms with van der Waals surface area (Å²) in [6.07, 6.45) is 1.95. The van der Waals surface area contributed by atoms with Gasteiger partial charge in [0.2, 0.25) is 0 Å². The summed E-state index contributed by atoms with van der Waals surface area (Å²) in [5.41, 5.74) is 16.9. The fourth-order valence-corrected chi connectivity index (χ4v) is 13.6. The van der Waals surface area contributed by atoms with E-state index in [0.717, 1.165) is 34.4 Å². The van der Waals surface area contributed by atoms with Crippen LogP contribution in [0.4, 0.5) is 39.9 Å². The average molecular weight is 965 g/mol. The number of anilines is 7. The van der Waals surface area contributed by atoms with Crippen molar-refractivity contribution in [2.75, 3.05) is 21.4 Å². The van der Waals surface area contributed by atoms with Crippen LogP contribution in [0.3, 0.4) is 0 Å². The van der Waals surface area contributed by atoms with Gasteiger partial charge in [-0.25, -0.2) is 4.98 Å². The molecule has 366 valence electrons. The molecular weight excluding hydrogens is 893 g/mol. The van der Waals surface area contributed by atoms with Crippen LogP contribution in [-0.4, -0.2) is 19.7 Å².